The van der Waals surface area contributed by atoms with Crippen LogP contribution < -0.4 is 0 Å². The van der Waals surface area contributed by atoms with Gasteiger partial charge in [-0.05, 0) is 42.0 Å². The van der Waals surface area contributed by atoms with Crippen LogP contribution in [0.15, 0.2) is 28.6 Å². The van der Waals surface area contributed by atoms with Gasteiger partial charge in [0.25, 0.3) is 0 Å². The van der Waals surface area contributed by atoms with Gasteiger partial charge in [0, 0.05) is 0 Å². The molecule has 5 nitrogen and oxygen atoms in total. The molecule has 132 valence electrons. The Hall–Kier alpha value is -1.53. The first kappa shape index (κ1) is 19.8. The SMILES string of the molecule is CCC[S+]([O-])CSc1nc(-c2cccs2)cc(C(=O)OCC)c1C#N. The van der Waals surface area contributed by atoms with Crippen LogP contribution in [0.25, 0.3) is 10.6 Å². The zero-order chi connectivity index (χ0) is 18.2. The molecule has 2 heterocycles. The molecule has 25 heavy (non-hydrogen) atoms. The van der Waals surface area contributed by atoms with Crippen molar-refractivity contribution in [2.75, 3.05) is 17.4 Å². The summed E-state index contributed by atoms with van der Waals surface area (Å²) in [5.74, 6) is 0.0559. The van der Waals surface area contributed by atoms with Gasteiger partial charge in [0.1, 0.15) is 16.8 Å². The monoisotopic (exact) mass is 394 g/mol. The average Bonchev–Trinajstić information content (AvgIpc) is 3.14. The van der Waals surface area contributed by atoms with Gasteiger partial charge in [-0.15, -0.1) is 11.3 Å². The van der Waals surface area contributed by atoms with Crippen LogP contribution in [0.4, 0.5) is 0 Å². The van der Waals surface area contributed by atoms with E-state index in [1.165, 1.54) is 23.1 Å². The molecule has 0 fully saturated rings. The van der Waals surface area contributed by atoms with E-state index in [-0.39, 0.29) is 17.7 Å². The Balaban J connectivity index is 2.44. The molecule has 0 saturated carbocycles. The maximum Gasteiger partial charge on any atom is 0.339 e. The van der Waals surface area contributed by atoms with Crippen LogP contribution in [0, 0.1) is 11.3 Å². The van der Waals surface area contributed by atoms with E-state index in [1.807, 2.05) is 24.4 Å². The first-order valence-electron chi connectivity index (χ1n) is 7.74. The van der Waals surface area contributed by atoms with E-state index in [4.69, 9.17) is 4.74 Å². The molecule has 8 heteroatoms. The lowest BCUT2D eigenvalue weighted by molar-refractivity contribution is 0.0525. The Morgan fingerprint density at radius 3 is 2.92 bits per heavy atom. The van der Waals surface area contributed by atoms with Gasteiger partial charge < -0.3 is 9.29 Å². The molecule has 0 saturated heterocycles. The number of nitriles is 1. The smallest absolute Gasteiger partial charge is 0.339 e. The van der Waals surface area contributed by atoms with Gasteiger partial charge in [0.05, 0.1) is 28.3 Å². The number of aromatic nitrogens is 1. The van der Waals surface area contributed by atoms with Crippen molar-refractivity contribution in [2.24, 2.45) is 0 Å². The van der Waals surface area contributed by atoms with E-state index in [1.54, 1.807) is 13.0 Å². The van der Waals surface area contributed by atoms with Crippen molar-refractivity contribution in [1.29, 1.82) is 5.26 Å². The topological polar surface area (TPSA) is 86.0 Å². The van der Waals surface area contributed by atoms with E-state index in [2.05, 4.69) is 11.1 Å². The fourth-order valence-electron chi connectivity index (χ4n) is 2.06. The van der Waals surface area contributed by atoms with Crippen molar-refractivity contribution in [2.45, 2.75) is 25.3 Å². The molecular formula is C17H18N2O3S3. The summed E-state index contributed by atoms with van der Waals surface area (Å²) in [5.41, 5.74) is 0.990. The average molecular weight is 395 g/mol. The lowest BCUT2D eigenvalue weighted by Gasteiger charge is -2.12. The minimum atomic E-state index is -0.995. The van der Waals surface area contributed by atoms with Crippen molar-refractivity contribution in [1.82, 2.24) is 4.98 Å². The van der Waals surface area contributed by atoms with E-state index in [9.17, 15) is 14.6 Å². The molecule has 0 bridgehead atoms. The number of thiophene rings is 1. The molecule has 0 aliphatic heterocycles. The molecule has 0 aliphatic carbocycles. The number of rotatable bonds is 8. The number of hydrogen-bond acceptors (Lipinski definition) is 7. The highest BCUT2D eigenvalue weighted by Crippen LogP contribution is 2.31. The highest BCUT2D eigenvalue weighted by Gasteiger charge is 2.21. The number of pyridine rings is 1. The number of ether oxygens (including phenoxy) is 1. The second-order valence-electron chi connectivity index (χ2n) is 4.95. The van der Waals surface area contributed by atoms with Gasteiger partial charge in [-0.2, -0.15) is 5.26 Å². The third-order valence-electron chi connectivity index (χ3n) is 3.13. The third kappa shape index (κ3) is 5.22. The highest BCUT2D eigenvalue weighted by atomic mass is 32.3. The van der Waals surface area contributed by atoms with Crippen LogP contribution in [0.2, 0.25) is 0 Å². The fraction of sp³-hybridized carbons (Fsp3) is 0.353. The van der Waals surface area contributed by atoms with Gasteiger partial charge in [-0.1, -0.05) is 24.8 Å². The zero-order valence-electron chi connectivity index (χ0n) is 14.0. The summed E-state index contributed by atoms with van der Waals surface area (Å²) >= 11 is 1.75. The van der Waals surface area contributed by atoms with Crippen molar-refractivity contribution >= 4 is 40.2 Å². The summed E-state index contributed by atoms with van der Waals surface area (Å²) in [6.07, 6.45) is 0.828. The Morgan fingerprint density at radius 2 is 2.32 bits per heavy atom. The Kier molecular flexibility index (Phi) is 7.78. The molecule has 0 aromatic carbocycles. The molecule has 0 N–H and O–H groups in total. The third-order valence-corrected chi connectivity index (χ3v) is 6.97. The van der Waals surface area contributed by atoms with Crippen molar-refractivity contribution in [3.63, 3.8) is 0 Å². The molecule has 0 radical (unpaired) electrons. The first-order valence-corrected chi connectivity index (χ1v) is 11.1. The van der Waals surface area contributed by atoms with E-state index < -0.39 is 17.1 Å². The van der Waals surface area contributed by atoms with Gasteiger partial charge in [0.2, 0.25) is 0 Å². The molecule has 0 spiro atoms. The molecular weight excluding hydrogens is 376 g/mol. The number of carbonyl (C=O) groups is 1. The van der Waals surface area contributed by atoms with E-state index in [0.29, 0.717) is 21.6 Å². The number of nitrogens with zero attached hydrogens (tertiary/aromatic N) is 2. The quantitative estimate of drug-likeness (QED) is 0.381. The van der Waals surface area contributed by atoms with Crippen LogP contribution >= 0.6 is 23.1 Å². The fourth-order valence-corrected chi connectivity index (χ4v) is 5.11. The Morgan fingerprint density at radius 1 is 1.52 bits per heavy atom. The summed E-state index contributed by atoms with van der Waals surface area (Å²) in [6, 6.07) is 7.44. The van der Waals surface area contributed by atoms with Crippen LogP contribution in [0.1, 0.15) is 36.2 Å². The Labute approximate surface area is 158 Å². The summed E-state index contributed by atoms with van der Waals surface area (Å²) in [7, 11) is 0. The molecule has 2 aromatic heterocycles. The van der Waals surface area contributed by atoms with Crippen LogP contribution in [-0.4, -0.2) is 33.0 Å². The van der Waals surface area contributed by atoms with Crippen LogP contribution in [-0.2, 0) is 15.9 Å². The van der Waals surface area contributed by atoms with Crippen molar-refractivity contribution < 1.29 is 14.1 Å². The molecule has 1 unspecified atom stereocenters. The minimum Gasteiger partial charge on any atom is -0.616 e. The summed E-state index contributed by atoms with van der Waals surface area (Å²) < 4.78 is 17.0. The lowest BCUT2D eigenvalue weighted by atomic mass is 10.1. The normalized spacial score (nSPS) is 11.8. The maximum atomic E-state index is 12.3. The first-order chi connectivity index (χ1) is 12.1. The number of esters is 1. The van der Waals surface area contributed by atoms with Gasteiger partial charge in [-0.3, -0.25) is 0 Å². The second-order valence-corrected chi connectivity index (χ2v) is 8.80. The maximum absolute atomic E-state index is 12.3. The number of thioether (sulfide) groups is 1. The van der Waals surface area contributed by atoms with Gasteiger partial charge in [0.15, 0.2) is 5.08 Å². The molecule has 0 amide bonds. The number of hydrogen-bond donors (Lipinski definition) is 0. The summed E-state index contributed by atoms with van der Waals surface area (Å²) in [4.78, 5) is 17.7. The van der Waals surface area contributed by atoms with E-state index >= 15 is 0 Å². The standard InChI is InChI=1S/C17H18N2O3S3/c1-3-8-25(21)11-24-16-13(10-18)12(17(20)22-4-2)9-14(19-16)15-6-5-7-23-15/h5-7,9H,3-4,8,11H2,1-2H3. The van der Waals surface area contributed by atoms with E-state index in [0.717, 1.165) is 11.3 Å². The van der Waals surface area contributed by atoms with Crippen molar-refractivity contribution in [3.05, 3.63) is 34.7 Å². The minimum absolute atomic E-state index is 0.178. The zero-order valence-corrected chi connectivity index (χ0v) is 16.4. The largest absolute Gasteiger partial charge is 0.616 e. The van der Waals surface area contributed by atoms with Crippen molar-refractivity contribution in [3.8, 4) is 16.6 Å². The summed E-state index contributed by atoms with van der Waals surface area (Å²) in [5, 5.41) is 12.2. The van der Waals surface area contributed by atoms with Crippen LogP contribution in [0.5, 0.6) is 0 Å². The van der Waals surface area contributed by atoms with Gasteiger partial charge >= 0.3 is 5.97 Å². The summed E-state index contributed by atoms with van der Waals surface area (Å²) in [6.45, 7) is 3.91. The predicted molar refractivity (Wildman–Crippen MR) is 102 cm³/mol. The predicted octanol–water partition coefficient (Wildman–Crippen LogP) is 4.07. The molecule has 0 aliphatic rings. The molecule has 1 atom stereocenters. The highest BCUT2D eigenvalue weighted by molar-refractivity contribution is 8.12. The molecule has 2 rings (SSSR count). The molecule has 2 aromatic rings. The van der Waals surface area contributed by atoms with Gasteiger partial charge in [-0.25, -0.2) is 9.78 Å². The van der Waals surface area contributed by atoms with Crippen LogP contribution in [0.3, 0.4) is 0 Å². The second kappa shape index (κ2) is 9.82. The number of carbonyl (C=O) groups excluding carboxylic acids is 1. The lowest BCUT2D eigenvalue weighted by Crippen LogP contribution is -2.11. The Bertz CT molecular complexity index is 757.